The molecule has 0 aliphatic carbocycles. The molecular weight excluding hydrogens is 328 g/mol. The molecule has 0 spiro atoms. The normalized spacial score (nSPS) is 11.3. The fraction of sp³-hybridized carbons (Fsp3) is 0.154. The van der Waals surface area contributed by atoms with Crippen LogP contribution in [0, 0.1) is 13.8 Å². The Kier molecular flexibility index (Phi) is 3.91. The lowest BCUT2D eigenvalue weighted by molar-refractivity contribution is 0.601. The van der Waals surface area contributed by atoms with Gasteiger partial charge in [0.15, 0.2) is 0 Å². The number of pyridine rings is 1. The number of aromatic nitrogens is 1. The highest BCUT2D eigenvalue weighted by atomic mass is 79.9. The second kappa shape index (κ2) is 5.30. The van der Waals surface area contributed by atoms with E-state index in [0.717, 1.165) is 15.7 Å². The van der Waals surface area contributed by atoms with Crippen LogP contribution in [0.25, 0.3) is 0 Å². The average Bonchev–Trinajstić information content (AvgIpc) is 2.34. The van der Waals surface area contributed by atoms with E-state index in [1.807, 2.05) is 6.92 Å². The highest BCUT2D eigenvalue weighted by molar-refractivity contribution is 9.10. The molecule has 2 rings (SSSR count). The van der Waals surface area contributed by atoms with Crippen molar-refractivity contribution < 1.29 is 8.42 Å². The van der Waals surface area contributed by atoms with E-state index in [-0.39, 0.29) is 4.90 Å². The maximum atomic E-state index is 12.1. The number of nitrogens with one attached hydrogen (secondary N) is 1. The third kappa shape index (κ3) is 3.33. The van der Waals surface area contributed by atoms with E-state index >= 15 is 0 Å². The number of benzene rings is 1. The summed E-state index contributed by atoms with van der Waals surface area (Å²) in [6, 6.07) is 10.0. The maximum absolute atomic E-state index is 12.1. The van der Waals surface area contributed by atoms with Crippen molar-refractivity contribution in [3.05, 3.63) is 52.1 Å². The quantitative estimate of drug-likeness (QED) is 0.932. The van der Waals surface area contributed by atoms with Crippen LogP contribution in [0.2, 0.25) is 0 Å². The number of anilines is 1. The number of nitrogens with zero attached hydrogens (tertiary/aromatic N) is 1. The molecule has 0 bridgehead atoms. The summed E-state index contributed by atoms with van der Waals surface area (Å²) in [7, 11) is -3.59. The first-order chi connectivity index (χ1) is 8.88. The Labute approximate surface area is 121 Å². The number of hydrogen-bond donors (Lipinski definition) is 1. The number of hydrogen-bond acceptors (Lipinski definition) is 3. The van der Waals surface area contributed by atoms with E-state index < -0.39 is 10.0 Å². The Bertz CT molecular complexity index is 697. The summed E-state index contributed by atoms with van der Waals surface area (Å²) in [6.07, 6.45) is 0. The summed E-state index contributed by atoms with van der Waals surface area (Å²) in [6.45, 7) is 3.71. The standard InChI is InChI=1S/C13H13BrN2O2S/c1-9-3-5-11(6-4-9)19(17,18)16-13-8-7-12(14)10(2)15-13/h3-8H,1-2H3,(H,15,16). The van der Waals surface area contributed by atoms with Gasteiger partial charge < -0.3 is 0 Å². The third-order valence-corrected chi connectivity index (χ3v) is 4.80. The van der Waals surface area contributed by atoms with Gasteiger partial charge in [0, 0.05) is 4.47 Å². The van der Waals surface area contributed by atoms with Gasteiger partial charge in [0.05, 0.1) is 10.6 Å². The van der Waals surface area contributed by atoms with Gasteiger partial charge in [-0.15, -0.1) is 0 Å². The van der Waals surface area contributed by atoms with Crippen LogP contribution in [0.4, 0.5) is 5.82 Å². The maximum Gasteiger partial charge on any atom is 0.263 e. The van der Waals surface area contributed by atoms with E-state index in [1.54, 1.807) is 43.3 Å². The van der Waals surface area contributed by atoms with E-state index in [9.17, 15) is 8.42 Å². The number of sulfonamides is 1. The Balaban J connectivity index is 2.30. The van der Waals surface area contributed by atoms with Gasteiger partial charge >= 0.3 is 0 Å². The SMILES string of the molecule is Cc1ccc(S(=O)(=O)Nc2ccc(Br)c(C)n2)cc1. The molecule has 2 aromatic rings. The summed E-state index contributed by atoms with van der Waals surface area (Å²) in [5.74, 6) is 0.307. The second-order valence-corrected chi connectivity index (χ2v) is 6.72. The molecular formula is C13H13BrN2O2S. The van der Waals surface area contributed by atoms with Crippen molar-refractivity contribution in [2.75, 3.05) is 4.72 Å². The highest BCUT2D eigenvalue weighted by Crippen LogP contribution is 2.19. The van der Waals surface area contributed by atoms with Crippen LogP contribution in [0.3, 0.4) is 0 Å². The lowest BCUT2D eigenvalue weighted by Gasteiger charge is -2.08. The highest BCUT2D eigenvalue weighted by Gasteiger charge is 2.14. The summed E-state index contributed by atoms with van der Waals surface area (Å²) in [4.78, 5) is 4.39. The minimum atomic E-state index is -3.59. The Morgan fingerprint density at radius 1 is 1.05 bits per heavy atom. The van der Waals surface area contributed by atoms with Crippen molar-refractivity contribution in [1.29, 1.82) is 0 Å². The molecule has 0 amide bonds. The summed E-state index contributed by atoms with van der Waals surface area (Å²) in [5.41, 5.74) is 1.74. The van der Waals surface area contributed by atoms with Gasteiger partial charge in [-0.05, 0) is 54.0 Å². The minimum absolute atomic E-state index is 0.223. The predicted molar refractivity (Wildman–Crippen MR) is 78.7 cm³/mol. The smallest absolute Gasteiger partial charge is 0.263 e. The van der Waals surface area contributed by atoms with Crippen molar-refractivity contribution in [2.45, 2.75) is 18.7 Å². The van der Waals surface area contributed by atoms with Gasteiger partial charge in [-0.3, -0.25) is 4.72 Å². The molecule has 0 saturated heterocycles. The first kappa shape index (κ1) is 14.0. The zero-order chi connectivity index (χ0) is 14.0. The zero-order valence-corrected chi connectivity index (χ0v) is 12.9. The number of rotatable bonds is 3. The summed E-state index contributed by atoms with van der Waals surface area (Å²) >= 11 is 3.32. The predicted octanol–water partition coefficient (Wildman–Crippen LogP) is 3.26. The monoisotopic (exact) mass is 340 g/mol. The summed E-state index contributed by atoms with van der Waals surface area (Å²) in [5, 5.41) is 0. The lowest BCUT2D eigenvalue weighted by atomic mass is 10.2. The molecule has 0 aliphatic rings. The van der Waals surface area contributed by atoms with Crippen LogP contribution in [0.5, 0.6) is 0 Å². The van der Waals surface area contributed by atoms with Gasteiger partial charge in [0.2, 0.25) is 0 Å². The van der Waals surface area contributed by atoms with Gasteiger partial charge in [0.25, 0.3) is 10.0 Å². The molecule has 0 unspecified atom stereocenters. The molecule has 19 heavy (non-hydrogen) atoms. The van der Waals surface area contributed by atoms with Crippen molar-refractivity contribution in [2.24, 2.45) is 0 Å². The summed E-state index contributed by atoms with van der Waals surface area (Å²) < 4.78 is 27.6. The Hall–Kier alpha value is -1.40. The number of aryl methyl sites for hydroxylation is 2. The van der Waals surface area contributed by atoms with E-state index in [1.165, 1.54) is 0 Å². The van der Waals surface area contributed by atoms with Crippen molar-refractivity contribution >= 4 is 31.8 Å². The molecule has 0 saturated carbocycles. The molecule has 1 aromatic carbocycles. The van der Waals surface area contributed by atoms with Gasteiger partial charge in [-0.25, -0.2) is 13.4 Å². The van der Waals surface area contributed by atoms with Crippen molar-refractivity contribution in [1.82, 2.24) is 4.98 Å². The molecule has 1 aromatic heterocycles. The molecule has 1 N–H and O–H groups in total. The molecule has 0 atom stereocenters. The molecule has 4 nitrogen and oxygen atoms in total. The second-order valence-electron chi connectivity index (χ2n) is 4.18. The molecule has 100 valence electrons. The number of halogens is 1. The van der Waals surface area contributed by atoms with Crippen molar-refractivity contribution in [3.8, 4) is 0 Å². The molecule has 6 heteroatoms. The van der Waals surface area contributed by atoms with Gasteiger partial charge in [-0.1, -0.05) is 17.7 Å². The van der Waals surface area contributed by atoms with Crippen LogP contribution in [0.15, 0.2) is 45.8 Å². The van der Waals surface area contributed by atoms with Gasteiger partial charge in [0.1, 0.15) is 5.82 Å². The van der Waals surface area contributed by atoms with Crippen LogP contribution in [0.1, 0.15) is 11.3 Å². The molecule has 0 radical (unpaired) electrons. The topological polar surface area (TPSA) is 59.1 Å². The first-order valence-corrected chi connectivity index (χ1v) is 7.89. The minimum Gasteiger partial charge on any atom is -0.263 e. The molecule has 0 fully saturated rings. The van der Waals surface area contributed by atoms with E-state index in [0.29, 0.717) is 5.82 Å². The zero-order valence-electron chi connectivity index (χ0n) is 10.5. The van der Waals surface area contributed by atoms with Crippen LogP contribution >= 0.6 is 15.9 Å². The third-order valence-electron chi connectivity index (χ3n) is 2.59. The largest absolute Gasteiger partial charge is 0.263 e. The van der Waals surface area contributed by atoms with E-state index in [2.05, 4.69) is 25.6 Å². The van der Waals surface area contributed by atoms with Gasteiger partial charge in [-0.2, -0.15) is 0 Å². The Morgan fingerprint density at radius 3 is 2.26 bits per heavy atom. The average molecular weight is 341 g/mol. The molecule has 0 aliphatic heterocycles. The Morgan fingerprint density at radius 2 is 1.68 bits per heavy atom. The fourth-order valence-electron chi connectivity index (χ4n) is 1.51. The fourth-order valence-corrected chi connectivity index (χ4v) is 2.74. The molecule has 1 heterocycles. The first-order valence-electron chi connectivity index (χ1n) is 5.61. The van der Waals surface area contributed by atoms with Crippen molar-refractivity contribution in [3.63, 3.8) is 0 Å². The lowest BCUT2D eigenvalue weighted by Crippen LogP contribution is -2.14. The van der Waals surface area contributed by atoms with Crippen LogP contribution < -0.4 is 4.72 Å². The van der Waals surface area contributed by atoms with Crippen LogP contribution in [-0.2, 0) is 10.0 Å². The van der Waals surface area contributed by atoms with E-state index in [4.69, 9.17) is 0 Å². The van der Waals surface area contributed by atoms with Crippen LogP contribution in [-0.4, -0.2) is 13.4 Å².